The number of rotatable bonds is 4. The first-order valence-electron chi connectivity index (χ1n) is 2.80. The van der Waals surface area contributed by atoms with Crippen LogP contribution in [0.4, 0.5) is 4.79 Å². The number of hydrogen-bond acceptors (Lipinski definition) is 2. The first kappa shape index (κ1) is 9.85. The molecule has 0 N–H and O–H groups in total. The molecule has 5 heteroatoms. The van der Waals surface area contributed by atoms with Gasteiger partial charge in [0.2, 0.25) is 0 Å². The Hall–Kier alpha value is -0.150. The molecule has 0 saturated heterocycles. The van der Waals surface area contributed by atoms with E-state index >= 15 is 0 Å². The highest BCUT2D eigenvalue weighted by molar-refractivity contribution is 6.18. The summed E-state index contributed by atoms with van der Waals surface area (Å²) in [7, 11) is 0. The minimum atomic E-state index is -1.22. The smallest absolute Gasteiger partial charge is 0.137 e. The molecule has 3 nitrogen and oxygen atoms in total. The summed E-state index contributed by atoms with van der Waals surface area (Å²) in [5.74, 6) is 0.537. The number of carboxylic acid groups (broad SMARTS) is 1. The molecule has 60 valence electrons. The fourth-order valence-corrected chi connectivity index (χ4v) is 0.906. The van der Waals surface area contributed by atoms with Gasteiger partial charge >= 0.3 is 0 Å². The second-order valence-electron chi connectivity index (χ2n) is 1.63. The predicted molar refractivity (Wildman–Crippen MR) is 38.4 cm³/mol. The van der Waals surface area contributed by atoms with E-state index in [0.717, 1.165) is 4.90 Å². The molecular weight excluding hydrogens is 177 g/mol. The van der Waals surface area contributed by atoms with Crippen LogP contribution in [-0.2, 0) is 0 Å². The zero-order valence-corrected chi connectivity index (χ0v) is 6.86. The number of nitrogens with zero attached hydrogens (tertiary/aromatic N) is 1. The van der Waals surface area contributed by atoms with E-state index in [1.54, 1.807) is 0 Å². The van der Waals surface area contributed by atoms with Crippen molar-refractivity contribution >= 4 is 29.3 Å². The topological polar surface area (TPSA) is 43.4 Å². The Bertz CT molecular complexity index is 104. The van der Waals surface area contributed by atoms with E-state index in [1.807, 2.05) is 0 Å². The van der Waals surface area contributed by atoms with E-state index in [1.165, 1.54) is 0 Å². The Kier molecular flexibility index (Phi) is 5.54. The van der Waals surface area contributed by atoms with E-state index in [9.17, 15) is 9.90 Å². The Morgan fingerprint density at radius 2 is 1.70 bits per heavy atom. The van der Waals surface area contributed by atoms with Crippen LogP contribution in [0.25, 0.3) is 0 Å². The van der Waals surface area contributed by atoms with Crippen molar-refractivity contribution in [3.63, 3.8) is 0 Å². The summed E-state index contributed by atoms with van der Waals surface area (Å²) in [6, 6.07) is 0. The molecule has 0 aliphatic carbocycles. The van der Waals surface area contributed by atoms with Gasteiger partial charge < -0.3 is 14.8 Å². The zero-order chi connectivity index (χ0) is 7.98. The third kappa shape index (κ3) is 3.80. The van der Waals surface area contributed by atoms with Gasteiger partial charge in [-0.15, -0.1) is 23.2 Å². The zero-order valence-electron chi connectivity index (χ0n) is 5.35. The van der Waals surface area contributed by atoms with Crippen LogP contribution in [0.2, 0.25) is 0 Å². The molecule has 0 atom stereocenters. The number of alkyl halides is 2. The van der Waals surface area contributed by atoms with Gasteiger partial charge in [-0.3, -0.25) is 0 Å². The minimum Gasteiger partial charge on any atom is -0.530 e. The third-order valence-electron chi connectivity index (χ3n) is 0.967. The average Bonchev–Trinajstić information content (AvgIpc) is 1.87. The quantitative estimate of drug-likeness (QED) is 0.583. The van der Waals surface area contributed by atoms with E-state index in [2.05, 4.69) is 0 Å². The van der Waals surface area contributed by atoms with E-state index in [0.29, 0.717) is 0 Å². The van der Waals surface area contributed by atoms with Crippen molar-refractivity contribution in [2.75, 3.05) is 24.8 Å². The van der Waals surface area contributed by atoms with Gasteiger partial charge in [-0.1, -0.05) is 0 Å². The first-order valence-corrected chi connectivity index (χ1v) is 3.87. The largest absolute Gasteiger partial charge is 0.530 e. The van der Waals surface area contributed by atoms with Crippen LogP contribution in [0.15, 0.2) is 0 Å². The molecule has 0 aliphatic rings. The van der Waals surface area contributed by atoms with E-state index < -0.39 is 6.09 Å². The van der Waals surface area contributed by atoms with Gasteiger partial charge in [-0.25, -0.2) is 0 Å². The lowest BCUT2D eigenvalue weighted by Crippen LogP contribution is -2.43. The van der Waals surface area contributed by atoms with Crippen molar-refractivity contribution in [2.45, 2.75) is 0 Å². The monoisotopic (exact) mass is 184 g/mol. The Morgan fingerprint density at radius 1 is 1.30 bits per heavy atom. The molecular formula is C5H8Cl2NO2-. The highest BCUT2D eigenvalue weighted by Crippen LogP contribution is 1.89. The summed E-state index contributed by atoms with van der Waals surface area (Å²) in [5.41, 5.74) is 0. The second kappa shape index (κ2) is 5.62. The van der Waals surface area contributed by atoms with Gasteiger partial charge in [0.1, 0.15) is 6.09 Å². The Labute approximate surface area is 69.5 Å². The Balaban J connectivity index is 3.61. The van der Waals surface area contributed by atoms with Crippen LogP contribution < -0.4 is 5.11 Å². The van der Waals surface area contributed by atoms with Crippen molar-refractivity contribution in [3.05, 3.63) is 0 Å². The van der Waals surface area contributed by atoms with Gasteiger partial charge in [-0.05, 0) is 0 Å². The summed E-state index contributed by atoms with van der Waals surface area (Å²) in [6.45, 7) is 0.549. The van der Waals surface area contributed by atoms with Gasteiger partial charge in [-0.2, -0.15) is 0 Å². The van der Waals surface area contributed by atoms with Crippen molar-refractivity contribution in [3.8, 4) is 0 Å². The van der Waals surface area contributed by atoms with Crippen LogP contribution >= 0.6 is 23.2 Å². The van der Waals surface area contributed by atoms with Gasteiger partial charge in [0, 0.05) is 24.8 Å². The van der Waals surface area contributed by atoms with Crippen molar-refractivity contribution in [2.24, 2.45) is 0 Å². The number of amides is 1. The lowest BCUT2D eigenvalue weighted by molar-refractivity contribution is -0.265. The average molecular weight is 185 g/mol. The normalized spacial score (nSPS) is 9.40. The van der Waals surface area contributed by atoms with Crippen LogP contribution in [0.3, 0.4) is 0 Å². The third-order valence-corrected chi connectivity index (χ3v) is 1.31. The molecule has 0 aliphatic heterocycles. The fraction of sp³-hybridized carbons (Fsp3) is 0.800. The summed E-state index contributed by atoms with van der Waals surface area (Å²) in [4.78, 5) is 11.2. The van der Waals surface area contributed by atoms with Gasteiger partial charge in [0.15, 0.2) is 0 Å². The fourth-order valence-electron chi connectivity index (χ4n) is 0.498. The number of carbonyl (C=O) groups is 1. The first-order chi connectivity index (χ1) is 4.72. The second-order valence-corrected chi connectivity index (χ2v) is 2.39. The summed E-state index contributed by atoms with van der Waals surface area (Å²) in [5, 5.41) is 10.2. The lowest BCUT2D eigenvalue weighted by atomic mass is 10.5. The minimum absolute atomic E-state index is 0.269. The molecule has 0 saturated carbocycles. The van der Waals surface area contributed by atoms with Gasteiger partial charge in [0.05, 0.1) is 0 Å². The molecule has 0 spiro atoms. The summed E-state index contributed by atoms with van der Waals surface area (Å²) < 4.78 is 0. The van der Waals surface area contributed by atoms with Crippen molar-refractivity contribution in [1.29, 1.82) is 0 Å². The molecule has 0 aromatic carbocycles. The van der Waals surface area contributed by atoms with Crippen LogP contribution in [0.5, 0.6) is 0 Å². The summed E-state index contributed by atoms with van der Waals surface area (Å²) in [6.07, 6.45) is -1.22. The molecule has 0 unspecified atom stereocenters. The molecule has 0 aromatic heterocycles. The number of hydrogen-bond donors (Lipinski definition) is 0. The summed E-state index contributed by atoms with van der Waals surface area (Å²) >= 11 is 10.6. The standard InChI is InChI=1S/C5H9Cl2NO2/c6-1-3-8(4-2-7)5(9)10/h1-4H2,(H,9,10)/p-1. The molecule has 0 radical (unpaired) electrons. The van der Waals surface area contributed by atoms with Crippen LogP contribution in [0.1, 0.15) is 0 Å². The molecule has 10 heavy (non-hydrogen) atoms. The van der Waals surface area contributed by atoms with Crippen molar-refractivity contribution in [1.82, 2.24) is 4.90 Å². The maximum atomic E-state index is 10.2. The van der Waals surface area contributed by atoms with Crippen LogP contribution in [-0.4, -0.2) is 35.8 Å². The Morgan fingerprint density at radius 3 is 1.90 bits per heavy atom. The highest BCUT2D eigenvalue weighted by atomic mass is 35.5. The molecule has 0 fully saturated rings. The van der Waals surface area contributed by atoms with Crippen LogP contribution in [0, 0.1) is 0 Å². The SMILES string of the molecule is O=C([O-])N(CCCl)CCCl. The highest BCUT2D eigenvalue weighted by Gasteiger charge is 2.00. The number of halogens is 2. The van der Waals surface area contributed by atoms with Gasteiger partial charge in [0.25, 0.3) is 0 Å². The number of carbonyl (C=O) groups excluding carboxylic acids is 1. The van der Waals surface area contributed by atoms with E-state index in [4.69, 9.17) is 23.2 Å². The molecule has 0 heterocycles. The predicted octanol–water partition coefficient (Wildman–Crippen LogP) is 0.109. The molecule has 0 aromatic rings. The lowest BCUT2D eigenvalue weighted by Gasteiger charge is -2.22. The van der Waals surface area contributed by atoms with Crippen molar-refractivity contribution < 1.29 is 9.90 Å². The molecule has 0 rings (SSSR count). The van der Waals surface area contributed by atoms with E-state index in [-0.39, 0.29) is 24.8 Å². The molecule has 0 bridgehead atoms. The molecule has 1 amide bonds. The maximum absolute atomic E-state index is 10.2. The maximum Gasteiger partial charge on any atom is 0.137 e.